The molecule has 0 unspecified atom stereocenters. The van der Waals surface area contributed by atoms with Gasteiger partial charge in [0.25, 0.3) is 0 Å². The summed E-state index contributed by atoms with van der Waals surface area (Å²) in [6.45, 7) is 3.03. The Morgan fingerprint density at radius 2 is 1.95 bits per heavy atom. The zero-order chi connectivity index (χ0) is 15.4. The largest absolute Gasteiger partial charge is 0.359 e. The Bertz CT molecular complexity index is 531. The number of carbonyl (C=O) groups is 2. The summed E-state index contributed by atoms with van der Waals surface area (Å²) in [5, 5.41) is 6.03. The molecule has 2 N–H and O–H groups in total. The van der Waals surface area contributed by atoms with E-state index in [1.165, 1.54) is 0 Å². The minimum absolute atomic E-state index is 0.280. The van der Waals surface area contributed by atoms with Gasteiger partial charge >= 0.3 is 11.8 Å². The molecule has 6 nitrogen and oxygen atoms in total. The van der Waals surface area contributed by atoms with Gasteiger partial charge in [0, 0.05) is 39.0 Å². The lowest BCUT2D eigenvalue weighted by molar-refractivity contribution is -0.149. The first-order chi connectivity index (χ1) is 10.7. The molecular weight excluding hydrogens is 282 g/mol. The van der Waals surface area contributed by atoms with Crippen LogP contribution in [-0.2, 0) is 20.9 Å². The van der Waals surface area contributed by atoms with Crippen LogP contribution in [0.15, 0.2) is 30.3 Å². The molecule has 1 aromatic rings. The summed E-state index contributed by atoms with van der Waals surface area (Å²) >= 11 is 0. The highest BCUT2D eigenvalue weighted by molar-refractivity contribution is 6.34. The number of benzene rings is 1. The van der Waals surface area contributed by atoms with Crippen molar-refractivity contribution >= 4 is 11.8 Å². The van der Waals surface area contributed by atoms with Gasteiger partial charge in [-0.1, -0.05) is 30.3 Å². The lowest BCUT2D eigenvalue weighted by Gasteiger charge is -2.38. The Morgan fingerprint density at radius 1 is 1.23 bits per heavy atom. The van der Waals surface area contributed by atoms with E-state index in [2.05, 4.69) is 10.6 Å². The lowest BCUT2D eigenvalue weighted by atomic mass is 10.0. The molecule has 0 saturated carbocycles. The van der Waals surface area contributed by atoms with Gasteiger partial charge in [0.05, 0.1) is 6.61 Å². The SMILES string of the molecule is O=C(NCc1ccccc1)C(=O)N1CCC2(CC1)NCCO2. The van der Waals surface area contributed by atoms with Crippen LogP contribution in [0.4, 0.5) is 0 Å². The highest BCUT2D eigenvalue weighted by Crippen LogP contribution is 2.26. The average Bonchev–Trinajstić information content (AvgIpc) is 3.02. The first kappa shape index (κ1) is 15.0. The maximum Gasteiger partial charge on any atom is 0.311 e. The molecule has 2 aliphatic rings. The van der Waals surface area contributed by atoms with Crippen molar-refractivity contribution in [2.24, 2.45) is 0 Å². The first-order valence-corrected chi connectivity index (χ1v) is 7.69. The summed E-state index contributed by atoms with van der Waals surface area (Å²) in [7, 11) is 0. The number of likely N-dealkylation sites (tertiary alicyclic amines) is 1. The molecule has 2 amide bonds. The van der Waals surface area contributed by atoms with Crippen LogP contribution < -0.4 is 10.6 Å². The Kier molecular flexibility index (Phi) is 4.40. The summed E-state index contributed by atoms with van der Waals surface area (Å²) in [4.78, 5) is 25.8. The molecule has 6 heteroatoms. The molecule has 0 aromatic heterocycles. The molecule has 3 rings (SSSR count). The minimum atomic E-state index is -0.542. The zero-order valence-corrected chi connectivity index (χ0v) is 12.5. The second kappa shape index (κ2) is 6.46. The number of nitrogens with one attached hydrogen (secondary N) is 2. The molecule has 2 saturated heterocycles. The van der Waals surface area contributed by atoms with Gasteiger partial charge in [-0.25, -0.2) is 0 Å². The number of piperidine rings is 1. The van der Waals surface area contributed by atoms with Crippen molar-refractivity contribution in [3.63, 3.8) is 0 Å². The van der Waals surface area contributed by atoms with Gasteiger partial charge in [-0.05, 0) is 5.56 Å². The summed E-state index contributed by atoms with van der Waals surface area (Å²) in [6, 6.07) is 9.56. The summed E-state index contributed by atoms with van der Waals surface area (Å²) in [6.07, 6.45) is 1.45. The number of ether oxygens (including phenoxy) is 1. The number of nitrogens with zero attached hydrogens (tertiary/aromatic N) is 1. The Hall–Kier alpha value is -1.92. The van der Waals surface area contributed by atoms with Crippen molar-refractivity contribution in [1.29, 1.82) is 0 Å². The van der Waals surface area contributed by atoms with E-state index in [9.17, 15) is 9.59 Å². The summed E-state index contributed by atoms with van der Waals surface area (Å²) < 4.78 is 5.73. The smallest absolute Gasteiger partial charge is 0.311 e. The van der Waals surface area contributed by atoms with E-state index in [1.807, 2.05) is 30.3 Å². The fraction of sp³-hybridized carbons (Fsp3) is 0.500. The van der Waals surface area contributed by atoms with Gasteiger partial charge in [0.1, 0.15) is 5.72 Å². The van der Waals surface area contributed by atoms with Crippen LogP contribution in [0.1, 0.15) is 18.4 Å². The highest BCUT2D eigenvalue weighted by atomic mass is 16.5. The highest BCUT2D eigenvalue weighted by Gasteiger charge is 2.40. The predicted octanol–water partition coefficient (Wildman–Crippen LogP) is 0.241. The standard InChI is InChI=1S/C16H21N3O3/c20-14(17-12-13-4-2-1-3-5-13)15(21)19-9-6-16(7-10-19)18-8-11-22-16/h1-5,18H,6-12H2,(H,17,20). The van der Waals surface area contributed by atoms with Crippen LogP contribution in [0.25, 0.3) is 0 Å². The second-order valence-electron chi connectivity index (χ2n) is 5.73. The van der Waals surface area contributed by atoms with Crippen LogP contribution in [0.5, 0.6) is 0 Å². The molecule has 2 heterocycles. The van der Waals surface area contributed by atoms with Crippen LogP contribution in [-0.4, -0.2) is 48.7 Å². The second-order valence-corrected chi connectivity index (χ2v) is 5.73. The van der Waals surface area contributed by atoms with Crippen LogP contribution in [0, 0.1) is 0 Å². The first-order valence-electron chi connectivity index (χ1n) is 7.69. The van der Waals surface area contributed by atoms with E-state index in [-0.39, 0.29) is 5.72 Å². The van der Waals surface area contributed by atoms with Crippen LogP contribution in [0.3, 0.4) is 0 Å². The number of rotatable bonds is 2. The zero-order valence-electron chi connectivity index (χ0n) is 12.5. The quantitative estimate of drug-likeness (QED) is 0.768. The van der Waals surface area contributed by atoms with Crippen molar-refractivity contribution in [3.05, 3.63) is 35.9 Å². The van der Waals surface area contributed by atoms with Crippen molar-refractivity contribution < 1.29 is 14.3 Å². The van der Waals surface area contributed by atoms with E-state index >= 15 is 0 Å². The van der Waals surface area contributed by atoms with E-state index in [4.69, 9.17) is 4.74 Å². The molecule has 2 fully saturated rings. The molecule has 2 aliphatic heterocycles. The molecule has 1 spiro atoms. The number of amides is 2. The van der Waals surface area contributed by atoms with Crippen molar-refractivity contribution in [2.75, 3.05) is 26.2 Å². The third-order valence-corrected chi connectivity index (χ3v) is 4.28. The maximum atomic E-state index is 12.2. The fourth-order valence-electron chi connectivity index (χ4n) is 2.97. The van der Waals surface area contributed by atoms with Crippen molar-refractivity contribution in [1.82, 2.24) is 15.5 Å². The van der Waals surface area contributed by atoms with Gasteiger partial charge in [0.2, 0.25) is 0 Å². The molecule has 0 aliphatic carbocycles. The third-order valence-electron chi connectivity index (χ3n) is 4.28. The van der Waals surface area contributed by atoms with Gasteiger partial charge in [-0.2, -0.15) is 0 Å². The van der Waals surface area contributed by atoms with Crippen molar-refractivity contribution in [2.45, 2.75) is 25.1 Å². The van der Waals surface area contributed by atoms with Crippen molar-refractivity contribution in [3.8, 4) is 0 Å². The maximum absolute atomic E-state index is 12.2. The molecular formula is C16H21N3O3. The normalized spacial score (nSPS) is 20.1. The topological polar surface area (TPSA) is 70.7 Å². The van der Waals surface area contributed by atoms with E-state index in [1.54, 1.807) is 4.90 Å². The fourth-order valence-corrected chi connectivity index (χ4v) is 2.97. The molecule has 1 aromatic carbocycles. The average molecular weight is 303 g/mol. The minimum Gasteiger partial charge on any atom is -0.359 e. The van der Waals surface area contributed by atoms with Gasteiger partial charge in [-0.3, -0.25) is 14.9 Å². The third kappa shape index (κ3) is 3.28. The molecule has 22 heavy (non-hydrogen) atoms. The Labute approximate surface area is 129 Å². The number of carbonyl (C=O) groups excluding carboxylic acids is 2. The van der Waals surface area contributed by atoms with E-state index in [0.717, 1.165) is 24.9 Å². The number of hydrogen-bond donors (Lipinski definition) is 2. The Morgan fingerprint density at radius 3 is 2.59 bits per heavy atom. The van der Waals surface area contributed by atoms with Crippen LogP contribution >= 0.6 is 0 Å². The summed E-state index contributed by atoms with van der Waals surface area (Å²) in [5.41, 5.74) is 0.696. The van der Waals surface area contributed by atoms with E-state index < -0.39 is 11.8 Å². The molecule has 0 radical (unpaired) electrons. The lowest BCUT2D eigenvalue weighted by Crippen LogP contribution is -2.54. The van der Waals surface area contributed by atoms with Gasteiger partial charge in [0.15, 0.2) is 0 Å². The molecule has 118 valence electrons. The number of hydrogen-bond acceptors (Lipinski definition) is 4. The van der Waals surface area contributed by atoms with Gasteiger partial charge in [-0.15, -0.1) is 0 Å². The van der Waals surface area contributed by atoms with Gasteiger partial charge < -0.3 is 15.0 Å². The molecule has 0 bridgehead atoms. The van der Waals surface area contributed by atoms with E-state index in [0.29, 0.717) is 26.2 Å². The molecule has 0 atom stereocenters. The Balaban J connectivity index is 1.48. The predicted molar refractivity (Wildman–Crippen MR) is 80.8 cm³/mol. The summed E-state index contributed by atoms with van der Waals surface area (Å²) in [5.74, 6) is -0.996. The van der Waals surface area contributed by atoms with Crippen LogP contribution in [0.2, 0.25) is 0 Å². The monoisotopic (exact) mass is 303 g/mol.